The van der Waals surface area contributed by atoms with Crippen LogP contribution in [-0.4, -0.2) is 36.8 Å². The van der Waals surface area contributed by atoms with Crippen LogP contribution >= 0.6 is 0 Å². The van der Waals surface area contributed by atoms with E-state index in [2.05, 4.69) is 4.99 Å². The molecule has 0 amide bonds. The minimum atomic E-state index is -4.21. The Kier molecular flexibility index (Phi) is 6.79. The molecule has 0 saturated heterocycles. The van der Waals surface area contributed by atoms with E-state index >= 15 is 0 Å². The minimum Gasteiger partial charge on any atom is -0.366 e. The average molecular weight is 328 g/mol. The Morgan fingerprint density at radius 1 is 1.26 bits per heavy atom. The van der Waals surface area contributed by atoms with Gasteiger partial charge in [0.25, 0.3) is 0 Å². The first kappa shape index (κ1) is 19.2. The SMILES string of the molecule is CCN(C)C=Nc1ccc(C(=O)CCCC(F)(F)F)c(C)c1C. The van der Waals surface area contributed by atoms with Crippen molar-refractivity contribution in [2.75, 3.05) is 13.6 Å². The first-order chi connectivity index (χ1) is 10.7. The van der Waals surface area contributed by atoms with Crippen molar-refractivity contribution in [2.24, 2.45) is 4.99 Å². The van der Waals surface area contributed by atoms with Crippen LogP contribution < -0.4 is 0 Å². The maximum Gasteiger partial charge on any atom is 0.389 e. The maximum absolute atomic E-state index is 12.2. The maximum atomic E-state index is 12.2. The third kappa shape index (κ3) is 6.04. The van der Waals surface area contributed by atoms with Gasteiger partial charge in [-0.1, -0.05) is 0 Å². The highest BCUT2D eigenvalue weighted by Gasteiger charge is 2.26. The van der Waals surface area contributed by atoms with Gasteiger partial charge in [0.05, 0.1) is 12.0 Å². The molecule has 0 radical (unpaired) electrons. The van der Waals surface area contributed by atoms with E-state index in [0.29, 0.717) is 5.56 Å². The Hall–Kier alpha value is -1.85. The van der Waals surface area contributed by atoms with Gasteiger partial charge in [-0.15, -0.1) is 0 Å². The van der Waals surface area contributed by atoms with E-state index in [-0.39, 0.29) is 18.6 Å². The largest absolute Gasteiger partial charge is 0.389 e. The van der Waals surface area contributed by atoms with Crippen molar-refractivity contribution in [1.82, 2.24) is 4.90 Å². The number of alkyl halides is 3. The zero-order valence-electron chi connectivity index (χ0n) is 14.0. The average Bonchev–Trinajstić information content (AvgIpc) is 2.46. The Balaban J connectivity index is 2.84. The van der Waals surface area contributed by atoms with Crippen molar-refractivity contribution in [3.63, 3.8) is 0 Å². The van der Waals surface area contributed by atoms with Crippen LogP contribution in [0.2, 0.25) is 0 Å². The van der Waals surface area contributed by atoms with Crippen molar-refractivity contribution >= 4 is 17.8 Å². The van der Waals surface area contributed by atoms with Gasteiger partial charge in [-0.3, -0.25) is 4.79 Å². The van der Waals surface area contributed by atoms with E-state index in [4.69, 9.17) is 0 Å². The Bertz CT molecular complexity index is 580. The molecule has 0 spiro atoms. The van der Waals surface area contributed by atoms with Crippen LogP contribution in [0.25, 0.3) is 0 Å². The van der Waals surface area contributed by atoms with Crippen molar-refractivity contribution in [2.45, 2.75) is 46.2 Å². The van der Waals surface area contributed by atoms with Crippen LogP contribution in [0.1, 0.15) is 47.7 Å². The molecule has 128 valence electrons. The van der Waals surface area contributed by atoms with Crippen molar-refractivity contribution < 1.29 is 18.0 Å². The smallest absolute Gasteiger partial charge is 0.366 e. The highest BCUT2D eigenvalue weighted by molar-refractivity contribution is 5.98. The van der Waals surface area contributed by atoms with Gasteiger partial charge in [0.15, 0.2) is 5.78 Å². The number of benzene rings is 1. The number of hydrogen-bond acceptors (Lipinski definition) is 2. The van der Waals surface area contributed by atoms with Gasteiger partial charge in [0.2, 0.25) is 0 Å². The summed E-state index contributed by atoms with van der Waals surface area (Å²) in [6.07, 6.45) is -3.70. The first-order valence-corrected chi connectivity index (χ1v) is 7.60. The van der Waals surface area contributed by atoms with Gasteiger partial charge in [0, 0.05) is 32.0 Å². The second-order valence-corrected chi connectivity index (χ2v) is 5.59. The standard InChI is InChI=1S/C17H23F3N2O/c1-5-22(4)11-21-15-9-8-14(12(2)13(15)3)16(23)7-6-10-17(18,19)20/h8-9,11H,5-7,10H2,1-4H3. The molecule has 1 aromatic rings. The summed E-state index contributed by atoms with van der Waals surface area (Å²) < 4.78 is 36.5. The molecule has 0 saturated carbocycles. The quantitative estimate of drug-likeness (QED) is 0.408. The van der Waals surface area contributed by atoms with E-state index in [9.17, 15) is 18.0 Å². The second kappa shape index (κ2) is 8.13. The van der Waals surface area contributed by atoms with Gasteiger partial charge in [0.1, 0.15) is 0 Å². The summed E-state index contributed by atoms with van der Waals surface area (Å²) in [7, 11) is 1.91. The van der Waals surface area contributed by atoms with Gasteiger partial charge in [-0.25, -0.2) is 4.99 Å². The topological polar surface area (TPSA) is 32.7 Å². The van der Waals surface area contributed by atoms with Gasteiger partial charge in [-0.2, -0.15) is 13.2 Å². The molecule has 6 heteroatoms. The summed E-state index contributed by atoms with van der Waals surface area (Å²) in [6, 6.07) is 3.39. The summed E-state index contributed by atoms with van der Waals surface area (Å²) in [5.74, 6) is -0.254. The molecule has 0 aliphatic rings. The van der Waals surface area contributed by atoms with Crippen LogP contribution in [0.15, 0.2) is 17.1 Å². The number of carbonyl (C=O) groups is 1. The third-order valence-corrected chi connectivity index (χ3v) is 3.82. The van der Waals surface area contributed by atoms with Crippen molar-refractivity contribution in [1.29, 1.82) is 0 Å². The third-order valence-electron chi connectivity index (χ3n) is 3.82. The molecule has 0 unspecified atom stereocenters. The summed E-state index contributed by atoms with van der Waals surface area (Å²) in [4.78, 5) is 18.4. The Morgan fingerprint density at radius 3 is 2.48 bits per heavy atom. The molecule has 0 bridgehead atoms. The fraction of sp³-hybridized carbons (Fsp3) is 0.529. The van der Waals surface area contributed by atoms with Crippen molar-refractivity contribution in [3.05, 3.63) is 28.8 Å². The van der Waals surface area contributed by atoms with Crippen LogP contribution in [-0.2, 0) is 0 Å². The van der Waals surface area contributed by atoms with E-state index in [1.165, 1.54) is 0 Å². The van der Waals surface area contributed by atoms with Gasteiger partial charge >= 0.3 is 6.18 Å². The number of aliphatic imine (C=N–C) groups is 1. The molecule has 23 heavy (non-hydrogen) atoms. The number of ketones is 1. The monoisotopic (exact) mass is 328 g/mol. The molecule has 0 aliphatic carbocycles. The molecule has 0 aromatic heterocycles. The molecule has 1 rings (SSSR count). The van der Waals surface area contributed by atoms with Crippen LogP contribution in [0.3, 0.4) is 0 Å². The van der Waals surface area contributed by atoms with E-state index < -0.39 is 12.6 Å². The van der Waals surface area contributed by atoms with E-state index in [0.717, 1.165) is 23.4 Å². The number of rotatable bonds is 7. The number of halogens is 3. The molecule has 3 nitrogen and oxygen atoms in total. The lowest BCUT2D eigenvalue weighted by atomic mass is 9.96. The molecule has 0 aliphatic heterocycles. The molecule has 0 heterocycles. The van der Waals surface area contributed by atoms with Crippen molar-refractivity contribution in [3.8, 4) is 0 Å². The molecule has 1 aromatic carbocycles. The molecule has 0 atom stereocenters. The zero-order chi connectivity index (χ0) is 17.6. The fourth-order valence-corrected chi connectivity index (χ4v) is 2.07. The molecule has 0 N–H and O–H groups in total. The zero-order valence-corrected chi connectivity index (χ0v) is 14.0. The lowest BCUT2D eigenvalue weighted by molar-refractivity contribution is -0.135. The van der Waals surface area contributed by atoms with Crippen LogP contribution in [0, 0.1) is 13.8 Å². The highest BCUT2D eigenvalue weighted by atomic mass is 19.4. The van der Waals surface area contributed by atoms with Gasteiger partial charge in [-0.05, 0) is 50.5 Å². The molecule has 0 fully saturated rings. The summed E-state index contributed by atoms with van der Waals surface area (Å²) in [5.41, 5.74) is 2.88. The number of hydrogen-bond donors (Lipinski definition) is 0. The number of carbonyl (C=O) groups excluding carboxylic acids is 1. The van der Waals surface area contributed by atoms with E-state index in [1.54, 1.807) is 25.4 Å². The van der Waals surface area contributed by atoms with Crippen LogP contribution in [0.4, 0.5) is 18.9 Å². The molecular formula is C17H23F3N2O. The predicted octanol–water partition coefficient (Wildman–Crippen LogP) is 4.83. The fourth-order valence-electron chi connectivity index (χ4n) is 2.07. The van der Waals surface area contributed by atoms with Gasteiger partial charge < -0.3 is 4.90 Å². The Labute approximate surface area is 135 Å². The lowest BCUT2D eigenvalue weighted by Crippen LogP contribution is -2.14. The molecular weight excluding hydrogens is 305 g/mol. The number of Topliss-reactive ketones (excluding diaryl/α,β-unsaturated/α-hetero) is 1. The summed E-state index contributed by atoms with van der Waals surface area (Å²) in [6.45, 7) is 6.50. The second-order valence-electron chi connectivity index (χ2n) is 5.59. The summed E-state index contributed by atoms with van der Waals surface area (Å²) in [5, 5.41) is 0. The van der Waals surface area contributed by atoms with E-state index in [1.807, 2.05) is 25.8 Å². The van der Waals surface area contributed by atoms with Crippen LogP contribution in [0.5, 0.6) is 0 Å². The lowest BCUT2D eigenvalue weighted by Gasteiger charge is -2.12. The Morgan fingerprint density at radius 2 is 1.91 bits per heavy atom. The predicted molar refractivity (Wildman–Crippen MR) is 86.6 cm³/mol. The summed E-state index contributed by atoms with van der Waals surface area (Å²) >= 11 is 0. The first-order valence-electron chi connectivity index (χ1n) is 7.60. The normalized spacial score (nSPS) is 12.0. The number of nitrogens with zero attached hydrogens (tertiary/aromatic N) is 2. The highest BCUT2D eigenvalue weighted by Crippen LogP contribution is 2.27. The minimum absolute atomic E-state index is 0.0963.